The van der Waals surface area contributed by atoms with E-state index in [0.717, 1.165) is 10.8 Å². The molecule has 0 heterocycles. The van der Waals surface area contributed by atoms with Crippen molar-refractivity contribution in [2.45, 2.75) is 0 Å². The Labute approximate surface area is 94.3 Å². The van der Waals surface area contributed by atoms with Gasteiger partial charge in [0.15, 0.2) is 0 Å². The van der Waals surface area contributed by atoms with Crippen LogP contribution in [-0.4, -0.2) is 5.11 Å². The maximum Gasteiger partial charge on any atom is 2.00 e. The first-order chi connectivity index (χ1) is 6.36. The fourth-order valence-electron chi connectivity index (χ4n) is 1.10. The first kappa shape index (κ1) is 12.7. The van der Waals surface area contributed by atoms with E-state index in [1.165, 1.54) is 0 Å². The summed E-state index contributed by atoms with van der Waals surface area (Å²) < 4.78 is 0. The molecule has 0 aliphatic heterocycles. The molecule has 0 bridgehead atoms. The Morgan fingerprint density at radius 3 is 2.43 bits per heavy atom. The molecule has 0 saturated carbocycles. The third kappa shape index (κ3) is 2.89. The molecule has 0 spiro atoms. The Morgan fingerprint density at radius 2 is 1.71 bits per heavy atom. The molecule has 0 fully saturated rings. The number of aromatic hydroxyl groups is 1. The molecule has 0 amide bonds. The minimum absolute atomic E-state index is 0. The fraction of sp³-hybridized carbons (Fsp3) is 0. The quantitative estimate of drug-likeness (QED) is 0.567. The van der Waals surface area contributed by atoms with Crippen molar-refractivity contribution in [3.05, 3.63) is 53.0 Å². The van der Waals surface area contributed by atoms with E-state index < -0.39 is 0 Å². The minimum Gasteiger partial charge on any atom is -0.577 e. The zero-order chi connectivity index (χ0) is 9.68. The molecule has 0 unspecified atom stereocenters. The topological polar surface area (TPSA) is 59.6 Å². The van der Waals surface area contributed by atoms with Crippen LogP contribution in [-0.2, 0) is 19.5 Å². The molecule has 2 aromatic carbocycles. The number of hydrogen-bond acceptors (Lipinski definition) is 2. The van der Waals surface area contributed by atoms with Gasteiger partial charge in [-0.3, -0.25) is 0 Å². The van der Waals surface area contributed by atoms with Crippen LogP contribution in [0.5, 0.6) is 5.75 Å². The van der Waals surface area contributed by atoms with Crippen LogP contribution in [0.25, 0.3) is 16.4 Å². The largest absolute Gasteiger partial charge is 2.00 e. The van der Waals surface area contributed by atoms with Crippen LogP contribution >= 0.6 is 0 Å². The summed E-state index contributed by atoms with van der Waals surface area (Å²) in [4.78, 5) is 7.25. The van der Waals surface area contributed by atoms with E-state index in [1.807, 2.05) is 30.3 Å². The molecular weight excluding hydrogens is 232 g/mol. The molecule has 3 nitrogen and oxygen atoms in total. The third-order valence-corrected chi connectivity index (χ3v) is 1.64. The van der Waals surface area contributed by atoms with Crippen molar-refractivity contribution in [2.24, 2.45) is 0 Å². The van der Waals surface area contributed by atoms with Crippen molar-refractivity contribution in [3.8, 4) is 5.75 Å². The van der Waals surface area contributed by atoms with E-state index in [1.54, 1.807) is 6.07 Å². The van der Waals surface area contributed by atoms with Gasteiger partial charge in [0.2, 0.25) is 0 Å². The fourth-order valence-corrected chi connectivity index (χ4v) is 1.10. The molecule has 2 rings (SSSR count). The van der Waals surface area contributed by atoms with E-state index in [-0.39, 0.29) is 25.2 Å². The Bertz CT molecular complexity index is 406. The van der Waals surface area contributed by atoms with Crippen LogP contribution in [0.3, 0.4) is 0 Å². The molecule has 4 heteroatoms. The van der Waals surface area contributed by atoms with Gasteiger partial charge >= 0.3 is 19.5 Å². The van der Waals surface area contributed by atoms with E-state index in [2.05, 4.69) is 6.07 Å². The molecule has 0 saturated heterocycles. The summed E-state index contributed by atoms with van der Waals surface area (Å²) in [5.41, 5.74) is 5.75. The number of hydrogen-bond donors (Lipinski definition) is 1. The third-order valence-electron chi connectivity index (χ3n) is 1.64. The molecule has 0 aliphatic carbocycles. The molecule has 14 heavy (non-hydrogen) atoms. The molecule has 0 aliphatic rings. The average Bonchev–Trinajstić information content (AvgIpc) is 2.21. The van der Waals surface area contributed by atoms with Gasteiger partial charge in [-0.2, -0.15) is 0 Å². The van der Waals surface area contributed by atoms with Crippen LogP contribution in [0, 0.1) is 11.0 Å². The molecule has 1 N–H and O–H groups in total. The van der Waals surface area contributed by atoms with Gasteiger partial charge in [-0.25, -0.2) is 0 Å². The number of phenolic OH excluding ortho intramolecular Hbond substituents is 1. The van der Waals surface area contributed by atoms with Gasteiger partial charge in [-0.1, -0.05) is 18.2 Å². The summed E-state index contributed by atoms with van der Waals surface area (Å²) in [6.45, 7) is 0. The predicted octanol–water partition coefficient (Wildman–Crippen LogP) is 2.67. The molecule has 0 aromatic heterocycles. The van der Waals surface area contributed by atoms with E-state index in [0.29, 0.717) is 0 Å². The zero-order valence-corrected chi connectivity index (χ0v) is 10.4. The Hall–Kier alpha value is -1.28. The van der Waals surface area contributed by atoms with Crippen molar-refractivity contribution in [3.63, 3.8) is 0 Å². The monoisotopic (exact) mass is 237 g/mol. The first-order valence-corrected chi connectivity index (χ1v) is 3.64. The van der Waals surface area contributed by atoms with E-state index >= 15 is 0 Å². The van der Waals surface area contributed by atoms with Gasteiger partial charge in [-0.15, -0.1) is 35.0 Å². The molecule has 66 valence electrons. The van der Waals surface area contributed by atoms with Gasteiger partial charge in [0, 0.05) is 5.75 Å². The summed E-state index contributed by atoms with van der Waals surface area (Å²) in [5.74, 6) is 0.198. The summed E-state index contributed by atoms with van der Waals surface area (Å²) in [5, 5.41) is 11.1. The van der Waals surface area contributed by atoms with Gasteiger partial charge in [0.25, 0.3) is 0 Å². The van der Waals surface area contributed by atoms with Crippen LogP contribution < -0.4 is 0 Å². The van der Waals surface area contributed by atoms with Gasteiger partial charge in [0.1, 0.15) is 0 Å². The van der Waals surface area contributed by atoms with Gasteiger partial charge in [0.05, 0.1) is 0 Å². The number of rotatable bonds is 0. The maximum atomic E-state index is 9.07. The molecule has 0 radical (unpaired) electrons. The van der Waals surface area contributed by atoms with Crippen molar-refractivity contribution in [2.75, 3.05) is 0 Å². The van der Waals surface area contributed by atoms with E-state index in [4.69, 9.17) is 15.6 Å². The smallest absolute Gasteiger partial charge is 0.577 e. The number of nitrogens with zero attached hydrogens (tertiary/aromatic N) is 1. The van der Waals surface area contributed by atoms with Gasteiger partial charge < -0.3 is 15.6 Å². The Kier molecular flexibility index (Phi) is 5.65. The number of fused-ring (bicyclic) bond motifs is 1. The minimum atomic E-state index is 0. The van der Waals surface area contributed by atoms with Gasteiger partial charge in [-0.05, 0) is 0 Å². The Balaban J connectivity index is 0.000000531. The summed E-state index contributed by atoms with van der Waals surface area (Å²) >= 11 is 0. The summed E-state index contributed by atoms with van der Waals surface area (Å²) in [6.07, 6.45) is 0. The van der Waals surface area contributed by atoms with E-state index in [9.17, 15) is 0 Å². The van der Waals surface area contributed by atoms with Crippen LogP contribution in [0.4, 0.5) is 0 Å². The van der Waals surface area contributed by atoms with Crippen LogP contribution in [0.1, 0.15) is 0 Å². The number of nitroso groups, excluding NO2 is 1. The first-order valence-electron chi connectivity index (χ1n) is 3.64. The molecule has 0 atom stereocenters. The second-order valence-electron chi connectivity index (χ2n) is 2.43. The van der Waals surface area contributed by atoms with Crippen molar-refractivity contribution < 1.29 is 24.6 Å². The number of phenols is 1. The summed E-state index contributed by atoms with van der Waals surface area (Å²) in [7, 11) is 0. The SMILES string of the molecule is Oc1[c-]c2ccccc2cc1.[N-]=O.[Zn+2]. The van der Waals surface area contributed by atoms with Crippen molar-refractivity contribution in [1.29, 1.82) is 0 Å². The zero-order valence-electron chi connectivity index (χ0n) is 7.47. The normalized spacial score (nSPS) is 8.29. The standard InChI is InChI=1S/C10H7O.NO.Zn/c11-10-6-5-8-3-1-2-4-9(8)7-10;1-2;/h1-6,11H;;/q2*-1;+2. The maximum absolute atomic E-state index is 9.07. The second-order valence-corrected chi connectivity index (χ2v) is 2.43. The Morgan fingerprint density at radius 1 is 1.07 bits per heavy atom. The number of benzene rings is 2. The van der Waals surface area contributed by atoms with Crippen molar-refractivity contribution >= 4 is 10.8 Å². The second kappa shape index (κ2) is 6.22. The molecule has 2 aromatic rings. The summed E-state index contributed by atoms with van der Waals surface area (Å²) in [6, 6.07) is 14.2. The average molecular weight is 239 g/mol. The van der Waals surface area contributed by atoms with Crippen LogP contribution in [0.15, 0.2) is 36.4 Å². The van der Waals surface area contributed by atoms with Crippen molar-refractivity contribution in [1.82, 2.24) is 0 Å². The van der Waals surface area contributed by atoms with Crippen LogP contribution in [0.2, 0.25) is 0 Å². The molecular formula is C10H7NO2Zn. The predicted molar refractivity (Wildman–Crippen MR) is 51.2 cm³/mol.